The van der Waals surface area contributed by atoms with E-state index in [9.17, 15) is 13.2 Å². The van der Waals surface area contributed by atoms with Crippen molar-refractivity contribution in [3.8, 4) is 5.75 Å². The van der Waals surface area contributed by atoms with Crippen molar-refractivity contribution in [1.82, 2.24) is 9.21 Å². The van der Waals surface area contributed by atoms with Gasteiger partial charge >= 0.3 is 0 Å². The van der Waals surface area contributed by atoms with Gasteiger partial charge in [0.25, 0.3) is 0 Å². The van der Waals surface area contributed by atoms with E-state index >= 15 is 0 Å². The zero-order valence-electron chi connectivity index (χ0n) is 19.8. The maximum atomic E-state index is 13.2. The van der Waals surface area contributed by atoms with E-state index < -0.39 is 10.0 Å². The molecule has 184 valence electrons. The molecule has 0 bridgehead atoms. The van der Waals surface area contributed by atoms with Gasteiger partial charge in [-0.2, -0.15) is 4.31 Å². The number of rotatable bonds is 7. The molecular formula is C24H37N3O5S. The van der Waals surface area contributed by atoms with Gasteiger partial charge in [-0.3, -0.25) is 9.69 Å². The molecule has 1 saturated carbocycles. The van der Waals surface area contributed by atoms with Crippen molar-refractivity contribution in [3.63, 3.8) is 0 Å². The van der Waals surface area contributed by atoms with Crippen molar-refractivity contribution in [3.05, 3.63) is 18.2 Å². The monoisotopic (exact) mass is 479 g/mol. The first-order chi connectivity index (χ1) is 15.8. The molecular weight excluding hydrogens is 442 g/mol. The van der Waals surface area contributed by atoms with Crippen molar-refractivity contribution < 1.29 is 22.7 Å². The second kappa shape index (κ2) is 10.7. The molecule has 2 heterocycles. The van der Waals surface area contributed by atoms with Crippen molar-refractivity contribution in [1.29, 1.82) is 0 Å². The predicted molar refractivity (Wildman–Crippen MR) is 127 cm³/mol. The first kappa shape index (κ1) is 24.4. The van der Waals surface area contributed by atoms with Gasteiger partial charge in [-0.15, -0.1) is 0 Å². The Morgan fingerprint density at radius 3 is 2.64 bits per heavy atom. The van der Waals surface area contributed by atoms with E-state index in [1.807, 2.05) is 13.8 Å². The Morgan fingerprint density at radius 1 is 1.12 bits per heavy atom. The van der Waals surface area contributed by atoms with E-state index in [1.165, 1.54) is 10.7 Å². The highest BCUT2D eigenvalue weighted by molar-refractivity contribution is 7.89. The lowest BCUT2D eigenvalue weighted by Crippen LogP contribution is -2.54. The average Bonchev–Trinajstić information content (AvgIpc) is 2.80. The van der Waals surface area contributed by atoms with E-state index in [-0.39, 0.29) is 35.6 Å². The smallest absolute Gasteiger partial charge is 0.243 e. The molecule has 1 aromatic rings. The number of anilines is 1. The van der Waals surface area contributed by atoms with Gasteiger partial charge < -0.3 is 14.8 Å². The van der Waals surface area contributed by atoms with Crippen LogP contribution < -0.4 is 10.1 Å². The first-order valence-electron chi connectivity index (χ1n) is 12.3. The van der Waals surface area contributed by atoms with Crippen molar-refractivity contribution >= 4 is 21.6 Å². The average molecular weight is 480 g/mol. The Bertz CT molecular complexity index is 928. The number of hydrogen-bond acceptors (Lipinski definition) is 6. The summed E-state index contributed by atoms with van der Waals surface area (Å²) in [5.74, 6) is 0.316. The SMILES string of the molecule is CC(C)Oc1ccc(S(=O)(=O)N2CCCCC2)cc1NC(=O)CN1CCOC2CCCCC21. The molecule has 1 aliphatic carbocycles. The summed E-state index contributed by atoms with van der Waals surface area (Å²) in [6.07, 6.45) is 7.33. The lowest BCUT2D eigenvalue weighted by atomic mass is 9.90. The fraction of sp³-hybridized carbons (Fsp3) is 0.708. The Labute approximate surface area is 197 Å². The molecule has 3 fully saturated rings. The lowest BCUT2D eigenvalue weighted by Gasteiger charge is -2.43. The summed E-state index contributed by atoms with van der Waals surface area (Å²) in [7, 11) is -3.61. The molecule has 33 heavy (non-hydrogen) atoms. The number of morpholine rings is 1. The highest BCUT2D eigenvalue weighted by Gasteiger charge is 2.35. The molecule has 4 rings (SSSR count). The number of benzene rings is 1. The number of nitrogens with zero attached hydrogens (tertiary/aromatic N) is 2. The Hall–Kier alpha value is -1.68. The van der Waals surface area contributed by atoms with Crippen molar-refractivity contribution in [2.75, 3.05) is 38.1 Å². The standard InChI is InChI=1S/C24H37N3O5S/c1-18(2)32-22-11-10-19(33(29,30)27-12-6-3-7-13-27)16-20(22)25-24(28)17-26-14-15-31-23-9-5-4-8-21(23)26/h10-11,16,18,21,23H,3-9,12-15,17H2,1-2H3,(H,25,28). The molecule has 9 heteroatoms. The summed E-state index contributed by atoms with van der Waals surface area (Å²) in [6, 6.07) is 5.04. The number of sulfonamides is 1. The number of carbonyl (C=O) groups is 1. The fourth-order valence-corrected chi connectivity index (χ4v) is 6.67. The van der Waals surface area contributed by atoms with Gasteiger partial charge in [0.15, 0.2) is 0 Å². The quantitative estimate of drug-likeness (QED) is 0.646. The molecule has 1 N–H and O–H groups in total. The zero-order chi connectivity index (χ0) is 23.4. The van der Waals surface area contributed by atoms with Crippen LogP contribution in [0.5, 0.6) is 5.75 Å². The minimum atomic E-state index is -3.61. The van der Waals surface area contributed by atoms with E-state index in [1.54, 1.807) is 18.2 Å². The molecule has 2 aliphatic heterocycles. The van der Waals surface area contributed by atoms with Crippen LogP contribution in [0.3, 0.4) is 0 Å². The molecule has 2 unspecified atom stereocenters. The van der Waals surface area contributed by atoms with Crippen LogP contribution in [0.2, 0.25) is 0 Å². The van der Waals surface area contributed by atoms with E-state index in [0.29, 0.717) is 31.1 Å². The minimum absolute atomic E-state index is 0.104. The number of amides is 1. The maximum absolute atomic E-state index is 13.2. The van der Waals surface area contributed by atoms with Crippen LogP contribution in [0.4, 0.5) is 5.69 Å². The van der Waals surface area contributed by atoms with Gasteiger partial charge in [0.1, 0.15) is 5.75 Å². The lowest BCUT2D eigenvalue weighted by molar-refractivity contribution is -0.124. The van der Waals surface area contributed by atoms with Crippen LogP contribution in [-0.4, -0.2) is 74.6 Å². The van der Waals surface area contributed by atoms with Crippen molar-refractivity contribution in [2.24, 2.45) is 0 Å². The highest BCUT2D eigenvalue weighted by atomic mass is 32.2. The summed E-state index contributed by atoms with van der Waals surface area (Å²) >= 11 is 0. The first-order valence-corrected chi connectivity index (χ1v) is 13.7. The molecule has 1 aromatic carbocycles. The minimum Gasteiger partial charge on any atom is -0.489 e. The van der Waals surface area contributed by atoms with Crippen molar-refractivity contribution in [2.45, 2.75) is 81.9 Å². The number of carbonyl (C=O) groups excluding carboxylic acids is 1. The summed E-state index contributed by atoms with van der Waals surface area (Å²) in [5, 5.41) is 2.94. The van der Waals surface area contributed by atoms with Crippen LogP contribution in [0, 0.1) is 0 Å². The van der Waals surface area contributed by atoms with E-state index in [2.05, 4.69) is 10.2 Å². The van der Waals surface area contributed by atoms with Gasteiger partial charge in [-0.1, -0.05) is 19.3 Å². The fourth-order valence-electron chi connectivity index (χ4n) is 5.13. The number of hydrogen-bond donors (Lipinski definition) is 1. The number of fused-ring (bicyclic) bond motifs is 1. The summed E-state index contributed by atoms with van der Waals surface area (Å²) in [6.45, 7) is 6.51. The molecule has 1 amide bonds. The molecule has 0 aromatic heterocycles. The summed E-state index contributed by atoms with van der Waals surface area (Å²) < 4.78 is 39.7. The van der Waals surface area contributed by atoms with E-state index in [0.717, 1.165) is 45.1 Å². The molecule has 2 atom stereocenters. The molecule has 8 nitrogen and oxygen atoms in total. The van der Waals surface area contributed by atoms with Crippen LogP contribution in [0.25, 0.3) is 0 Å². The Kier molecular flexibility index (Phi) is 7.94. The maximum Gasteiger partial charge on any atom is 0.243 e. The predicted octanol–water partition coefficient (Wildman–Crippen LogP) is 3.23. The second-order valence-corrected chi connectivity index (χ2v) is 11.5. The number of ether oxygens (including phenoxy) is 2. The topological polar surface area (TPSA) is 88.2 Å². The molecule has 3 aliphatic rings. The number of nitrogens with one attached hydrogen (secondary N) is 1. The van der Waals surface area contributed by atoms with Gasteiger partial charge in [-0.05, 0) is 57.7 Å². The summed E-state index contributed by atoms with van der Waals surface area (Å²) in [4.78, 5) is 15.4. The molecule has 0 spiro atoms. The third-order valence-corrected chi connectivity index (χ3v) is 8.63. The third-order valence-electron chi connectivity index (χ3n) is 6.73. The van der Waals surface area contributed by atoms with Crippen LogP contribution in [0.15, 0.2) is 23.1 Å². The summed E-state index contributed by atoms with van der Waals surface area (Å²) in [5.41, 5.74) is 0.403. The largest absolute Gasteiger partial charge is 0.489 e. The van der Waals surface area contributed by atoms with Crippen LogP contribution >= 0.6 is 0 Å². The van der Waals surface area contributed by atoms with Gasteiger partial charge in [0.2, 0.25) is 15.9 Å². The van der Waals surface area contributed by atoms with Gasteiger partial charge in [0, 0.05) is 25.7 Å². The Morgan fingerprint density at radius 2 is 1.88 bits per heavy atom. The normalized spacial score (nSPS) is 24.9. The van der Waals surface area contributed by atoms with Gasteiger partial charge in [-0.25, -0.2) is 8.42 Å². The van der Waals surface area contributed by atoms with E-state index in [4.69, 9.17) is 9.47 Å². The molecule has 2 saturated heterocycles. The molecule has 0 radical (unpaired) electrons. The van der Waals surface area contributed by atoms with Crippen LogP contribution in [-0.2, 0) is 19.6 Å². The third kappa shape index (κ3) is 5.88. The highest BCUT2D eigenvalue weighted by Crippen LogP contribution is 2.32. The number of piperidine rings is 1. The van der Waals surface area contributed by atoms with Crippen LogP contribution in [0.1, 0.15) is 58.8 Å². The zero-order valence-corrected chi connectivity index (χ0v) is 20.6. The van der Waals surface area contributed by atoms with Gasteiger partial charge in [0.05, 0.1) is 35.9 Å². The Balaban J connectivity index is 1.52. The second-order valence-electron chi connectivity index (χ2n) is 9.57.